The van der Waals surface area contributed by atoms with Crippen molar-refractivity contribution in [1.82, 2.24) is 15.1 Å². The zero-order valence-corrected chi connectivity index (χ0v) is 16.2. The number of hydrogen-bond donors (Lipinski definition) is 1. The SMILES string of the molecule is Cc1c(C(=O)NC[C@@H]2COCO2)oc2c1-c1nn(CC3(C)COC3)cc1CC2. The largest absolute Gasteiger partial charge is 0.455 e. The second-order valence-corrected chi connectivity index (χ2v) is 8.35. The molecular formula is C20H25N3O5. The molecular weight excluding hydrogens is 362 g/mol. The number of nitrogens with zero attached hydrogens (tertiary/aromatic N) is 2. The Kier molecular flexibility index (Phi) is 4.30. The lowest BCUT2D eigenvalue weighted by molar-refractivity contribution is -0.111. The van der Waals surface area contributed by atoms with Gasteiger partial charge in [-0.25, -0.2) is 0 Å². The van der Waals surface area contributed by atoms with E-state index in [4.69, 9.17) is 23.7 Å². The summed E-state index contributed by atoms with van der Waals surface area (Å²) in [5.74, 6) is 0.993. The van der Waals surface area contributed by atoms with Gasteiger partial charge in [0, 0.05) is 35.7 Å². The third kappa shape index (κ3) is 3.05. The fraction of sp³-hybridized carbons (Fsp3) is 0.600. The summed E-state index contributed by atoms with van der Waals surface area (Å²) in [7, 11) is 0. The molecule has 2 aromatic rings. The Morgan fingerprint density at radius 2 is 2.21 bits per heavy atom. The molecule has 8 heteroatoms. The molecule has 0 unspecified atom stereocenters. The fourth-order valence-corrected chi connectivity index (χ4v) is 4.17. The number of rotatable bonds is 5. The molecule has 1 atom stereocenters. The number of carbonyl (C=O) groups is 1. The van der Waals surface area contributed by atoms with E-state index in [1.807, 2.05) is 11.6 Å². The minimum atomic E-state index is -0.220. The van der Waals surface area contributed by atoms with Crippen LogP contribution in [0.4, 0.5) is 0 Å². The maximum atomic E-state index is 12.7. The molecule has 2 aliphatic heterocycles. The highest BCUT2D eigenvalue weighted by molar-refractivity contribution is 5.95. The Morgan fingerprint density at radius 3 is 2.93 bits per heavy atom. The van der Waals surface area contributed by atoms with Crippen LogP contribution in [0.2, 0.25) is 0 Å². The average molecular weight is 387 g/mol. The van der Waals surface area contributed by atoms with Crippen molar-refractivity contribution < 1.29 is 23.4 Å². The fourth-order valence-electron chi connectivity index (χ4n) is 4.17. The minimum absolute atomic E-state index is 0.104. The molecule has 1 amide bonds. The lowest BCUT2D eigenvalue weighted by atomic mass is 9.89. The van der Waals surface area contributed by atoms with Gasteiger partial charge in [0.05, 0.1) is 32.1 Å². The number of nitrogens with one attached hydrogen (secondary N) is 1. The summed E-state index contributed by atoms with van der Waals surface area (Å²) < 4.78 is 23.9. The van der Waals surface area contributed by atoms with Crippen LogP contribution in [0.15, 0.2) is 10.6 Å². The van der Waals surface area contributed by atoms with Crippen molar-refractivity contribution in [3.05, 3.63) is 28.8 Å². The van der Waals surface area contributed by atoms with Crippen LogP contribution in [-0.4, -0.2) is 54.9 Å². The summed E-state index contributed by atoms with van der Waals surface area (Å²) in [5, 5.41) is 7.72. The Morgan fingerprint density at radius 1 is 1.36 bits per heavy atom. The number of ether oxygens (including phenoxy) is 3. The molecule has 8 nitrogen and oxygen atoms in total. The van der Waals surface area contributed by atoms with Gasteiger partial charge in [0.25, 0.3) is 5.91 Å². The van der Waals surface area contributed by atoms with Gasteiger partial charge in [-0.3, -0.25) is 9.48 Å². The highest BCUT2D eigenvalue weighted by Gasteiger charge is 2.35. The number of aromatic nitrogens is 2. The zero-order valence-electron chi connectivity index (χ0n) is 16.2. The first-order valence-corrected chi connectivity index (χ1v) is 9.77. The first-order chi connectivity index (χ1) is 13.5. The standard InChI is InChI=1S/C20H25N3O5/c1-12-16-15(28-18(12)19(24)21-5-14-7-25-11-27-14)4-3-13-6-23(22-17(13)16)8-20(2)9-26-10-20/h6,14H,3-5,7-11H2,1-2H3,(H,21,24)/t14-/m1/s1. The van der Waals surface area contributed by atoms with Crippen LogP contribution in [-0.2, 0) is 33.6 Å². The predicted octanol–water partition coefficient (Wildman–Crippen LogP) is 1.69. The first kappa shape index (κ1) is 17.9. The molecule has 0 aromatic carbocycles. The van der Waals surface area contributed by atoms with Gasteiger partial charge in [-0.1, -0.05) is 6.92 Å². The molecule has 2 aromatic heterocycles. The van der Waals surface area contributed by atoms with Gasteiger partial charge in [0.2, 0.25) is 0 Å². The molecule has 0 saturated carbocycles. The second kappa shape index (κ2) is 6.72. The number of hydrogen-bond acceptors (Lipinski definition) is 6. The predicted molar refractivity (Wildman–Crippen MR) is 99.0 cm³/mol. The second-order valence-electron chi connectivity index (χ2n) is 8.35. The van der Waals surface area contributed by atoms with Crippen LogP contribution >= 0.6 is 0 Å². The van der Waals surface area contributed by atoms with Crippen molar-refractivity contribution in [3.8, 4) is 11.3 Å². The summed E-state index contributed by atoms with van der Waals surface area (Å²) in [6.45, 7) is 7.72. The summed E-state index contributed by atoms with van der Waals surface area (Å²) in [6.07, 6.45) is 3.68. The van der Waals surface area contributed by atoms with Gasteiger partial charge < -0.3 is 23.9 Å². The van der Waals surface area contributed by atoms with Gasteiger partial charge in [-0.15, -0.1) is 0 Å². The molecule has 0 radical (unpaired) electrons. The quantitative estimate of drug-likeness (QED) is 0.840. The van der Waals surface area contributed by atoms with Crippen LogP contribution < -0.4 is 5.32 Å². The minimum Gasteiger partial charge on any atom is -0.455 e. The Hall–Kier alpha value is -2.16. The summed E-state index contributed by atoms with van der Waals surface area (Å²) in [4.78, 5) is 12.7. The van der Waals surface area contributed by atoms with E-state index < -0.39 is 0 Å². The molecule has 150 valence electrons. The van der Waals surface area contributed by atoms with Crippen molar-refractivity contribution in [2.24, 2.45) is 5.41 Å². The third-order valence-corrected chi connectivity index (χ3v) is 5.75. The van der Waals surface area contributed by atoms with Crippen LogP contribution in [0, 0.1) is 12.3 Å². The molecule has 28 heavy (non-hydrogen) atoms. The Bertz CT molecular complexity index is 905. The van der Waals surface area contributed by atoms with Crippen molar-refractivity contribution in [3.63, 3.8) is 0 Å². The van der Waals surface area contributed by atoms with Gasteiger partial charge in [0.1, 0.15) is 18.7 Å². The zero-order chi connectivity index (χ0) is 19.3. The summed E-state index contributed by atoms with van der Waals surface area (Å²) in [6, 6.07) is 0. The molecule has 5 rings (SSSR count). The van der Waals surface area contributed by atoms with Crippen molar-refractivity contribution in [2.75, 3.05) is 33.2 Å². The maximum Gasteiger partial charge on any atom is 0.287 e. The highest BCUT2D eigenvalue weighted by Crippen LogP contribution is 2.39. The Balaban J connectivity index is 1.37. The number of furan rings is 1. The third-order valence-electron chi connectivity index (χ3n) is 5.75. The summed E-state index contributed by atoms with van der Waals surface area (Å²) >= 11 is 0. The molecule has 3 aliphatic rings. The lowest BCUT2D eigenvalue weighted by Crippen LogP contribution is -2.43. The molecule has 0 spiro atoms. The average Bonchev–Trinajstić information content (AvgIpc) is 3.36. The Labute approximate surface area is 163 Å². The maximum absolute atomic E-state index is 12.7. The first-order valence-electron chi connectivity index (χ1n) is 9.77. The van der Waals surface area contributed by atoms with E-state index in [9.17, 15) is 4.79 Å². The van der Waals surface area contributed by atoms with E-state index in [1.165, 1.54) is 5.56 Å². The van der Waals surface area contributed by atoms with Crippen LogP contribution in [0.25, 0.3) is 11.3 Å². The van der Waals surface area contributed by atoms with Gasteiger partial charge in [-0.2, -0.15) is 5.10 Å². The van der Waals surface area contributed by atoms with Crippen molar-refractivity contribution in [2.45, 2.75) is 39.3 Å². The van der Waals surface area contributed by atoms with Gasteiger partial charge in [-0.05, 0) is 18.9 Å². The van der Waals surface area contributed by atoms with E-state index in [1.54, 1.807) is 0 Å². The van der Waals surface area contributed by atoms with Crippen LogP contribution in [0.1, 0.15) is 34.4 Å². The monoisotopic (exact) mass is 387 g/mol. The normalized spacial score (nSPS) is 22.4. The van der Waals surface area contributed by atoms with E-state index >= 15 is 0 Å². The molecule has 1 N–H and O–H groups in total. The number of amides is 1. The van der Waals surface area contributed by atoms with E-state index in [0.29, 0.717) is 18.9 Å². The lowest BCUT2D eigenvalue weighted by Gasteiger charge is -2.37. The molecule has 2 fully saturated rings. The molecule has 4 heterocycles. The van der Waals surface area contributed by atoms with Gasteiger partial charge in [0.15, 0.2) is 5.76 Å². The number of carbonyl (C=O) groups excluding carboxylic acids is 1. The van der Waals surface area contributed by atoms with E-state index in [2.05, 4.69) is 18.4 Å². The molecule has 2 saturated heterocycles. The van der Waals surface area contributed by atoms with Crippen LogP contribution in [0.5, 0.6) is 0 Å². The van der Waals surface area contributed by atoms with E-state index in [0.717, 1.165) is 55.2 Å². The summed E-state index contributed by atoms with van der Waals surface area (Å²) in [5.41, 5.74) is 4.13. The highest BCUT2D eigenvalue weighted by atomic mass is 16.7. The molecule has 0 bridgehead atoms. The number of fused-ring (bicyclic) bond motifs is 3. The molecule has 1 aliphatic carbocycles. The smallest absolute Gasteiger partial charge is 0.287 e. The van der Waals surface area contributed by atoms with Crippen LogP contribution in [0.3, 0.4) is 0 Å². The van der Waals surface area contributed by atoms with Crippen molar-refractivity contribution >= 4 is 5.91 Å². The van der Waals surface area contributed by atoms with E-state index in [-0.39, 0.29) is 24.2 Å². The topological polar surface area (TPSA) is 87.8 Å². The van der Waals surface area contributed by atoms with Crippen molar-refractivity contribution in [1.29, 1.82) is 0 Å². The van der Waals surface area contributed by atoms with Gasteiger partial charge >= 0.3 is 0 Å². The number of aryl methyl sites for hydroxylation is 2.